The number of hydrogen-bond donors (Lipinski definition) is 1. The number of esters is 2. The van der Waals surface area contributed by atoms with Gasteiger partial charge in [0.25, 0.3) is 0 Å². The maximum absolute atomic E-state index is 11.7. The third kappa shape index (κ3) is 98.1. The second-order valence-corrected chi connectivity index (χ2v) is 43.3. The number of carbonyl (C=O) groups is 3. The number of halogens is 1. The molecule has 3 saturated heterocycles. The van der Waals surface area contributed by atoms with Crippen LogP contribution in [0.4, 0.5) is 0 Å². The fraction of sp³-hybridized carbons (Fsp3) is 0.795. The Kier molecular flexibility index (Phi) is 109. The van der Waals surface area contributed by atoms with Gasteiger partial charge in [-0.1, -0.05) is 448 Å². The first kappa shape index (κ1) is 142. The standard InChI is InChI=1S/C44H79NO4.C43H77NO4.C42H76O2.C3H5BrO2/c1-5-7-9-11-13-15-17-19-21-23-25-27-29-31-33-35-37-44(48-41-42(49-44)39-45(3)40-43(46)47-4)38-36-34-32-30-28-26-24-22-20-18-16-14-12-10-8-6-2;1-4-6-8-10-12-14-16-18-20-22-24-26-28-30-32-34-36-43(47-40-41(48-43)38-44(3)39-42(45)46)37-35-33-31-29-27-25-23-21-19-17-15-13-11-9-7-5-2;1-4-7-9-11-13-15-17-19-21-23-25-27-29-31-33-35-38-42(43-40-41(44-42)37-6-3)39-36-34-32-30-28-26-24-22-20-18-16-14-12-10-8-5-2;1-6-3(5)2-4/h13-16,19-22,42H,5-12,17-18,23-41H2,1-4H3;12-15,18-21,41H,4-11,16-17,22-40H2,1-3H3,(H,45,46);13-16,19-22,41H,4-12,17-18,23-40H2,1-3H3;2H2,1H3/b15-13-,16-14-,21-19-,22-20-;14-12-,15-13-,20-18-,21-19-;15-13-,16-14-,21-19-,22-20-;/t42-;2*41-;/m000./s1. The van der Waals surface area contributed by atoms with Crippen molar-refractivity contribution in [2.75, 3.05) is 79.6 Å². The number of hydrogen-bond acceptors (Lipinski definition) is 13. The van der Waals surface area contributed by atoms with E-state index in [2.05, 4.69) is 215 Å². The van der Waals surface area contributed by atoms with Crippen molar-refractivity contribution in [2.45, 2.75) is 598 Å². The zero-order valence-electron chi connectivity index (χ0n) is 98.0. The molecule has 3 aliphatic heterocycles. The molecule has 3 rings (SSSR count). The molecule has 15 heteroatoms. The normalized spacial score (nSPS) is 16.3. The van der Waals surface area contributed by atoms with Crippen LogP contribution in [-0.2, 0) is 52.3 Å². The van der Waals surface area contributed by atoms with Crippen LogP contribution in [0.2, 0.25) is 0 Å². The van der Waals surface area contributed by atoms with Crippen LogP contribution in [0.3, 0.4) is 0 Å². The molecular weight excluding hydrogens is 1890 g/mol. The minimum atomic E-state index is -0.801. The van der Waals surface area contributed by atoms with Gasteiger partial charge in [0, 0.05) is 51.6 Å². The molecule has 0 aromatic carbocycles. The summed E-state index contributed by atoms with van der Waals surface area (Å²) in [6.07, 6.45) is 156. The third-order valence-electron chi connectivity index (χ3n) is 28.3. The number of carbonyl (C=O) groups excluding carboxylic acids is 2. The van der Waals surface area contributed by atoms with E-state index in [1.54, 1.807) is 0 Å². The maximum Gasteiger partial charge on any atom is 0.319 e. The molecule has 0 aliphatic carbocycles. The summed E-state index contributed by atoms with van der Waals surface area (Å²) in [6, 6.07) is 0. The quantitative estimate of drug-likeness (QED) is 0.0266. The number of likely N-dealkylation sites (N-methyl/N-ethyl adjacent to an activating group) is 2. The second kappa shape index (κ2) is 113. The summed E-state index contributed by atoms with van der Waals surface area (Å²) in [5.74, 6) is -2.49. The van der Waals surface area contributed by atoms with Gasteiger partial charge in [0.15, 0.2) is 17.4 Å². The molecule has 0 spiro atoms. The van der Waals surface area contributed by atoms with Crippen molar-refractivity contribution in [3.8, 4) is 0 Å². The monoisotopic (exact) mass is 2120 g/mol. The minimum absolute atomic E-state index is 0.00358. The number of methoxy groups -OCH3 is 2. The molecule has 0 radical (unpaired) electrons. The molecule has 3 aliphatic rings. The van der Waals surface area contributed by atoms with E-state index in [-0.39, 0.29) is 48.4 Å². The largest absolute Gasteiger partial charge is 0.480 e. The van der Waals surface area contributed by atoms with Crippen LogP contribution in [0.25, 0.3) is 0 Å². The Hall–Kier alpha value is -4.55. The lowest BCUT2D eigenvalue weighted by Gasteiger charge is -2.29. The van der Waals surface area contributed by atoms with Gasteiger partial charge in [-0.25, -0.2) is 0 Å². The number of carboxylic acid groups (broad SMARTS) is 1. The predicted molar refractivity (Wildman–Crippen MR) is 640 cm³/mol. The summed E-state index contributed by atoms with van der Waals surface area (Å²) in [5.41, 5.74) is 0. The van der Waals surface area contributed by atoms with Gasteiger partial charge in [-0.05, 0) is 252 Å². The van der Waals surface area contributed by atoms with Crippen LogP contribution in [0.5, 0.6) is 0 Å². The molecule has 0 bridgehead atoms. The smallest absolute Gasteiger partial charge is 0.319 e. The molecule has 147 heavy (non-hydrogen) atoms. The summed E-state index contributed by atoms with van der Waals surface area (Å²) in [4.78, 5) is 36.6. The SMILES string of the molecule is CCCCC/C=C\C/C=C\CCCCCCCCC1(CCCCCCCC/C=C\C/C=C\CCCCC)OC[C@H](CCC)O1.CCCCC/C=C\C/C=C\CCCCCCCCC1(CCCCCCCC/C=C\C/C=C\CCCCC)OC[C@H](CN(C)CC(=O)O)O1.CCCCC/C=C\C/C=C\CCCCCCCCC1(CCCCCCCC/C=C\C/C=C\CCCCC)OC[C@H](CN(C)CC(=O)OC)O1.COC(=O)CBr. The van der Waals surface area contributed by atoms with E-state index in [0.717, 1.165) is 116 Å². The molecule has 0 saturated carbocycles. The highest BCUT2D eigenvalue weighted by Gasteiger charge is 2.43. The van der Waals surface area contributed by atoms with Crippen LogP contribution in [-0.4, -0.2) is 148 Å². The van der Waals surface area contributed by atoms with Gasteiger partial charge in [0.2, 0.25) is 0 Å². The molecule has 0 amide bonds. The van der Waals surface area contributed by atoms with Crippen LogP contribution in [0, 0.1) is 0 Å². The first-order valence-corrected chi connectivity index (χ1v) is 63.3. The lowest BCUT2D eigenvalue weighted by atomic mass is 9.98. The highest BCUT2D eigenvalue weighted by atomic mass is 79.9. The van der Waals surface area contributed by atoms with Crippen molar-refractivity contribution >= 4 is 33.8 Å². The molecule has 3 heterocycles. The van der Waals surface area contributed by atoms with Gasteiger partial charge < -0.3 is 43.0 Å². The molecule has 0 unspecified atom stereocenters. The van der Waals surface area contributed by atoms with Gasteiger partial charge in [-0.2, -0.15) is 0 Å². The van der Waals surface area contributed by atoms with Crippen molar-refractivity contribution in [3.63, 3.8) is 0 Å². The van der Waals surface area contributed by atoms with E-state index in [9.17, 15) is 14.4 Å². The number of alkyl halides is 1. The molecule has 3 atom stereocenters. The number of allylic oxidation sites excluding steroid dienone is 24. The Morgan fingerprint density at radius 2 is 0.442 bits per heavy atom. The Morgan fingerprint density at radius 3 is 0.626 bits per heavy atom. The number of aliphatic carboxylic acids is 1. The fourth-order valence-electron chi connectivity index (χ4n) is 19.3. The average Bonchev–Trinajstić information content (AvgIpc) is 1.70. The Bertz CT molecular complexity index is 3050. The number of ether oxygens (including phenoxy) is 8. The Balaban J connectivity index is 0.00000211. The van der Waals surface area contributed by atoms with Gasteiger partial charge >= 0.3 is 17.9 Å². The zero-order valence-corrected chi connectivity index (χ0v) is 99.6. The second-order valence-electron chi connectivity index (χ2n) is 42.8. The van der Waals surface area contributed by atoms with Gasteiger partial charge in [-0.15, -0.1) is 0 Å². The van der Waals surface area contributed by atoms with Crippen LogP contribution < -0.4 is 0 Å². The van der Waals surface area contributed by atoms with Gasteiger partial charge in [0.1, 0.15) is 5.33 Å². The van der Waals surface area contributed by atoms with Gasteiger partial charge in [0.05, 0.1) is 65.4 Å². The topological polar surface area (TPSA) is 152 Å². The third-order valence-corrected chi connectivity index (χ3v) is 28.8. The first-order chi connectivity index (χ1) is 72.1. The summed E-state index contributed by atoms with van der Waals surface area (Å²) < 4.78 is 48.1. The average molecular weight is 2120 g/mol. The number of nitrogens with zero attached hydrogens (tertiary/aromatic N) is 2. The van der Waals surface area contributed by atoms with Crippen LogP contribution >= 0.6 is 15.9 Å². The zero-order chi connectivity index (χ0) is 107. The Morgan fingerprint density at radius 1 is 0.259 bits per heavy atom. The van der Waals surface area contributed by atoms with Crippen molar-refractivity contribution < 1.29 is 57.4 Å². The molecule has 1 N–H and O–H groups in total. The molecule has 0 aromatic rings. The highest BCUT2D eigenvalue weighted by Crippen LogP contribution is 2.39. The lowest BCUT2D eigenvalue weighted by Crippen LogP contribution is -2.37. The van der Waals surface area contributed by atoms with E-state index in [0.29, 0.717) is 32.4 Å². The summed E-state index contributed by atoms with van der Waals surface area (Å²) in [6.45, 7) is 19.4. The van der Waals surface area contributed by atoms with E-state index < -0.39 is 17.5 Å². The number of carboxylic acids is 1. The first-order valence-electron chi connectivity index (χ1n) is 62.2. The lowest BCUT2D eigenvalue weighted by molar-refractivity contribution is -0.181. The molecule has 854 valence electrons. The summed E-state index contributed by atoms with van der Waals surface area (Å²) >= 11 is 2.90. The number of unbranched alkanes of at least 4 members (excludes halogenated alkanes) is 54. The van der Waals surface area contributed by atoms with Crippen LogP contribution in [0.1, 0.15) is 562 Å². The van der Waals surface area contributed by atoms with Gasteiger partial charge in [-0.3, -0.25) is 24.2 Å². The maximum atomic E-state index is 11.7. The van der Waals surface area contributed by atoms with Crippen molar-refractivity contribution in [1.82, 2.24) is 9.80 Å². The minimum Gasteiger partial charge on any atom is -0.480 e. The summed E-state index contributed by atoms with van der Waals surface area (Å²) in [5, 5.41) is 9.43. The van der Waals surface area contributed by atoms with E-state index in [4.69, 9.17) is 38.3 Å². The van der Waals surface area contributed by atoms with E-state index in [1.165, 1.54) is 419 Å². The van der Waals surface area contributed by atoms with E-state index in [1.807, 2.05) is 23.9 Å². The number of rotatable bonds is 101. The van der Waals surface area contributed by atoms with Crippen molar-refractivity contribution in [1.29, 1.82) is 0 Å². The van der Waals surface area contributed by atoms with Crippen LogP contribution in [0.15, 0.2) is 146 Å². The molecular formula is C132H237BrN2O12. The molecule has 0 aromatic heterocycles. The predicted octanol–water partition coefficient (Wildman–Crippen LogP) is 40.0. The summed E-state index contributed by atoms with van der Waals surface area (Å²) in [7, 11) is 6.59. The fourth-order valence-corrected chi connectivity index (χ4v) is 19.6. The molecule has 3 fully saturated rings. The van der Waals surface area contributed by atoms with Crippen molar-refractivity contribution in [2.24, 2.45) is 0 Å². The van der Waals surface area contributed by atoms with E-state index >= 15 is 0 Å². The molecule has 14 nitrogen and oxygen atoms in total. The van der Waals surface area contributed by atoms with Crippen molar-refractivity contribution in [3.05, 3.63) is 146 Å². The Labute approximate surface area is 918 Å². The highest BCUT2D eigenvalue weighted by molar-refractivity contribution is 9.09.